The van der Waals surface area contributed by atoms with E-state index in [1.807, 2.05) is 0 Å². The van der Waals surface area contributed by atoms with Gasteiger partial charge in [0.1, 0.15) is 0 Å². The van der Waals surface area contributed by atoms with Gasteiger partial charge in [-0.3, -0.25) is 9.59 Å². The summed E-state index contributed by atoms with van der Waals surface area (Å²) < 4.78 is 0. The predicted molar refractivity (Wildman–Crippen MR) is 56.5 cm³/mol. The topological polar surface area (TPSA) is 40.6 Å². The molecule has 0 saturated carbocycles. The van der Waals surface area contributed by atoms with Crippen LogP contribution in [0.3, 0.4) is 0 Å². The van der Waals surface area contributed by atoms with E-state index in [4.69, 9.17) is 0 Å². The van der Waals surface area contributed by atoms with Crippen LogP contribution in [0.5, 0.6) is 0 Å². The van der Waals surface area contributed by atoms with Crippen LogP contribution >= 0.6 is 0 Å². The van der Waals surface area contributed by atoms with Crippen LogP contribution in [0.25, 0.3) is 0 Å². The van der Waals surface area contributed by atoms with Gasteiger partial charge in [-0.05, 0) is 38.9 Å². The van der Waals surface area contributed by atoms with Crippen LogP contribution in [0.4, 0.5) is 0 Å². The van der Waals surface area contributed by atoms with Crippen LogP contribution in [0.2, 0.25) is 0 Å². The van der Waals surface area contributed by atoms with E-state index in [0.29, 0.717) is 6.54 Å². The van der Waals surface area contributed by atoms with Gasteiger partial charge < -0.3 is 9.80 Å². The van der Waals surface area contributed by atoms with Crippen molar-refractivity contribution < 1.29 is 9.59 Å². The number of rotatable bonds is 4. The van der Waals surface area contributed by atoms with Crippen molar-refractivity contribution in [3.8, 4) is 0 Å². The zero-order valence-corrected chi connectivity index (χ0v) is 9.07. The Kier molecular flexibility index (Phi) is 3.36. The number of likely N-dealkylation sites (tertiary alicyclic amines) is 2. The summed E-state index contributed by atoms with van der Waals surface area (Å²) in [4.78, 5) is 26.4. The molecule has 2 heterocycles. The lowest BCUT2D eigenvalue weighted by molar-refractivity contribution is -0.127. The first-order chi connectivity index (χ1) is 7.25. The highest BCUT2D eigenvalue weighted by Crippen LogP contribution is 2.10. The van der Waals surface area contributed by atoms with E-state index in [0.717, 1.165) is 19.5 Å². The van der Waals surface area contributed by atoms with Crippen molar-refractivity contribution in [3.63, 3.8) is 0 Å². The lowest BCUT2D eigenvalue weighted by Gasteiger charge is -2.18. The molecule has 4 nitrogen and oxygen atoms in total. The summed E-state index contributed by atoms with van der Waals surface area (Å²) in [6.45, 7) is 4.57. The van der Waals surface area contributed by atoms with Crippen molar-refractivity contribution in [3.05, 3.63) is 0 Å². The molecular formula is C11H18N2O2. The van der Waals surface area contributed by atoms with Gasteiger partial charge in [-0.1, -0.05) is 0 Å². The van der Waals surface area contributed by atoms with Crippen LogP contribution in [0, 0.1) is 0 Å². The molecule has 2 rings (SSSR count). The van der Waals surface area contributed by atoms with E-state index in [1.165, 1.54) is 25.9 Å². The first-order valence-electron chi connectivity index (χ1n) is 5.77. The number of hydrogen-bond acceptors (Lipinski definition) is 3. The molecule has 2 fully saturated rings. The summed E-state index contributed by atoms with van der Waals surface area (Å²) in [5.41, 5.74) is 0. The zero-order valence-electron chi connectivity index (χ0n) is 9.07. The molecule has 0 bridgehead atoms. The molecule has 0 atom stereocenters. The molecule has 0 N–H and O–H groups in total. The fourth-order valence-corrected chi connectivity index (χ4v) is 2.33. The lowest BCUT2D eigenvalue weighted by atomic mass is 10.3. The summed E-state index contributed by atoms with van der Waals surface area (Å²) in [6.07, 6.45) is 3.74. The Morgan fingerprint density at radius 1 is 1.07 bits per heavy atom. The SMILES string of the molecule is O=C1CC(=O)N(CCCN2CCCC2)C1. The molecule has 0 aromatic carbocycles. The summed E-state index contributed by atoms with van der Waals surface area (Å²) in [6, 6.07) is 0. The van der Waals surface area contributed by atoms with Crippen molar-refractivity contribution in [1.29, 1.82) is 0 Å². The molecule has 2 saturated heterocycles. The van der Waals surface area contributed by atoms with Crippen molar-refractivity contribution in [2.75, 3.05) is 32.7 Å². The summed E-state index contributed by atoms with van der Waals surface area (Å²) >= 11 is 0. The number of hydrogen-bond donors (Lipinski definition) is 0. The number of ketones is 1. The second kappa shape index (κ2) is 4.75. The van der Waals surface area contributed by atoms with Crippen LogP contribution in [0.1, 0.15) is 25.7 Å². The largest absolute Gasteiger partial charge is 0.335 e. The second-order valence-electron chi connectivity index (χ2n) is 4.43. The molecule has 0 unspecified atom stereocenters. The van der Waals surface area contributed by atoms with Crippen LogP contribution < -0.4 is 0 Å². The van der Waals surface area contributed by atoms with Crippen LogP contribution in [-0.4, -0.2) is 54.2 Å². The maximum Gasteiger partial charge on any atom is 0.230 e. The van der Waals surface area contributed by atoms with Gasteiger partial charge in [0, 0.05) is 6.54 Å². The Morgan fingerprint density at radius 2 is 1.80 bits per heavy atom. The van der Waals surface area contributed by atoms with Gasteiger partial charge in [0.25, 0.3) is 0 Å². The molecule has 0 aromatic heterocycles. The molecule has 15 heavy (non-hydrogen) atoms. The number of Topliss-reactive ketones (excluding diaryl/α,β-unsaturated/α-hetero) is 1. The van der Waals surface area contributed by atoms with Crippen molar-refractivity contribution >= 4 is 11.7 Å². The maximum absolute atomic E-state index is 11.3. The van der Waals surface area contributed by atoms with Crippen LogP contribution in [-0.2, 0) is 9.59 Å². The molecule has 0 aromatic rings. The normalized spacial score (nSPS) is 23.1. The second-order valence-corrected chi connectivity index (χ2v) is 4.43. The average molecular weight is 210 g/mol. The van der Waals surface area contributed by atoms with Crippen molar-refractivity contribution in [2.24, 2.45) is 0 Å². The Morgan fingerprint density at radius 3 is 2.40 bits per heavy atom. The monoisotopic (exact) mass is 210 g/mol. The summed E-state index contributed by atoms with van der Waals surface area (Å²) in [5, 5.41) is 0. The van der Waals surface area contributed by atoms with Gasteiger partial charge in [-0.25, -0.2) is 0 Å². The van der Waals surface area contributed by atoms with Crippen LogP contribution in [0.15, 0.2) is 0 Å². The molecule has 2 aliphatic heterocycles. The van der Waals surface area contributed by atoms with E-state index in [1.54, 1.807) is 4.90 Å². The first kappa shape index (κ1) is 10.6. The van der Waals surface area contributed by atoms with E-state index in [9.17, 15) is 9.59 Å². The quantitative estimate of drug-likeness (QED) is 0.626. The Balaban J connectivity index is 1.65. The summed E-state index contributed by atoms with van der Waals surface area (Å²) in [5.74, 6) is 0.0857. The third-order valence-electron chi connectivity index (χ3n) is 3.17. The van der Waals surface area contributed by atoms with E-state index in [-0.39, 0.29) is 18.1 Å². The fourth-order valence-electron chi connectivity index (χ4n) is 2.33. The predicted octanol–water partition coefficient (Wildman–Crippen LogP) is 0.274. The average Bonchev–Trinajstić information content (AvgIpc) is 2.77. The summed E-state index contributed by atoms with van der Waals surface area (Å²) in [7, 11) is 0. The minimum absolute atomic E-state index is 0.0152. The van der Waals surface area contributed by atoms with Crippen molar-refractivity contribution in [1.82, 2.24) is 9.80 Å². The minimum atomic E-state index is 0.0152. The third kappa shape index (κ3) is 2.78. The molecule has 4 heteroatoms. The number of carbonyl (C=O) groups excluding carboxylic acids is 2. The number of nitrogens with zero attached hydrogens (tertiary/aromatic N) is 2. The Labute approximate surface area is 90.2 Å². The Hall–Kier alpha value is -0.900. The standard InChI is InChI=1S/C11H18N2O2/c14-10-8-11(15)13(9-10)7-3-6-12-4-1-2-5-12/h1-9H2. The molecule has 84 valence electrons. The zero-order chi connectivity index (χ0) is 10.7. The van der Waals surface area contributed by atoms with Gasteiger partial charge in [0.05, 0.1) is 13.0 Å². The van der Waals surface area contributed by atoms with E-state index >= 15 is 0 Å². The highest BCUT2D eigenvalue weighted by Gasteiger charge is 2.26. The molecule has 2 aliphatic rings. The van der Waals surface area contributed by atoms with Gasteiger partial charge in [-0.15, -0.1) is 0 Å². The van der Waals surface area contributed by atoms with Crippen molar-refractivity contribution in [2.45, 2.75) is 25.7 Å². The maximum atomic E-state index is 11.3. The van der Waals surface area contributed by atoms with Gasteiger partial charge >= 0.3 is 0 Å². The van der Waals surface area contributed by atoms with Gasteiger partial charge in [-0.2, -0.15) is 0 Å². The fraction of sp³-hybridized carbons (Fsp3) is 0.818. The lowest BCUT2D eigenvalue weighted by Crippen LogP contribution is -2.30. The smallest absolute Gasteiger partial charge is 0.230 e. The molecule has 0 radical (unpaired) electrons. The number of amides is 1. The third-order valence-corrected chi connectivity index (χ3v) is 3.17. The Bertz CT molecular complexity index is 259. The molecular weight excluding hydrogens is 192 g/mol. The molecule has 0 aliphatic carbocycles. The highest BCUT2D eigenvalue weighted by atomic mass is 16.2. The van der Waals surface area contributed by atoms with Gasteiger partial charge in [0.2, 0.25) is 5.91 Å². The van der Waals surface area contributed by atoms with E-state index < -0.39 is 0 Å². The molecule has 1 amide bonds. The minimum Gasteiger partial charge on any atom is -0.335 e. The number of carbonyl (C=O) groups is 2. The van der Waals surface area contributed by atoms with E-state index in [2.05, 4.69) is 4.90 Å². The van der Waals surface area contributed by atoms with Gasteiger partial charge in [0.15, 0.2) is 5.78 Å². The first-order valence-corrected chi connectivity index (χ1v) is 5.77. The highest BCUT2D eigenvalue weighted by molar-refractivity contribution is 6.05. The molecule has 0 spiro atoms.